The smallest absolute Gasteiger partial charge is 0.303 e. The maximum atomic E-state index is 12.5. The highest BCUT2D eigenvalue weighted by Gasteiger charge is 2.13. The average Bonchev–Trinajstić information content (AvgIpc) is 3.35. The molecule has 0 bridgehead atoms. The molecule has 5 aromatic rings. The van der Waals surface area contributed by atoms with Gasteiger partial charge in [0.2, 0.25) is 5.95 Å². The molecule has 0 saturated heterocycles. The largest absolute Gasteiger partial charge is 0.328 e. The van der Waals surface area contributed by atoms with E-state index in [0.717, 1.165) is 22.2 Å². The molecule has 0 unspecified atom stereocenters. The second-order valence-electron chi connectivity index (χ2n) is 6.84. The van der Waals surface area contributed by atoms with E-state index in [0.29, 0.717) is 29.2 Å². The first kappa shape index (κ1) is 20.0. The second-order valence-corrected chi connectivity index (χ2v) is 6.84. The molecule has 154 valence electrons. The lowest BCUT2D eigenvalue weighted by Gasteiger charge is -2.06. The molecule has 0 aliphatic rings. The van der Waals surface area contributed by atoms with Gasteiger partial charge in [-0.3, -0.25) is 9.13 Å². The number of H-pyrrole nitrogens is 1. The fourth-order valence-corrected chi connectivity index (χ4v) is 3.43. The third-order valence-corrected chi connectivity index (χ3v) is 4.81. The first-order chi connectivity index (χ1) is 15.1. The van der Waals surface area contributed by atoms with Crippen molar-refractivity contribution in [3.8, 4) is 12.0 Å². The number of nitrogens with one attached hydrogen (secondary N) is 1. The van der Waals surface area contributed by atoms with Crippen LogP contribution in [0.25, 0.3) is 28.1 Å². The Kier molecular flexibility index (Phi) is 5.33. The molecule has 3 heterocycles. The molecule has 8 heteroatoms. The fraction of sp³-hybridized carbons (Fsp3) is 0.174. The van der Waals surface area contributed by atoms with E-state index in [-0.39, 0.29) is 5.69 Å². The van der Waals surface area contributed by atoms with E-state index in [2.05, 4.69) is 26.0 Å². The zero-order valence-corrected chi connectivity index (χ0v) is 17.5. The van der Waals surface area contributed by atoms with Gasteiger partial charge in [-0.15, -0.1) is 0 Å². The normalized spacial score (nSPS) is 10.6. The second kappa shape index (κ2) is 8.24. The van der Waals surface area contributed by atoms with Gasteiger partial charge < -0.3 is 4.98 Å². The van der Waals surface area contributed by atoms with Gasteiger partial charge in [0.25, 0.3) is 0 Å². The van der Waals surface area contributed by atoms with Crippen molar-refractivity contribution >= 4 is 22.2 Å². The van der Waals surface area contributed by atoms with E-state index >= 15 is 0 Å². The number of aryl methyl sites for hydroxylation is 1. The molecule has 31 heavy (non-hydrogen) atoms. The Bertz CT molecular complexity index is 1480. The molecule has 0 spiro atoms. The topological polar surface area (TPSA) is 105 Å². The summed E-state index contributed by atoms with van der Waals surface area (Å²) in [6, 6.07) is 15.4. The number of nitrogens with zero attached hydrogens (tertiary/aromatic N) is 6. The minimum atomic E-state index is -0.241. The lowest BCUT2D eigenvalue weighted by molar-refractivity contribution is 0.774. The molecule has 2 aromatic carbocycles. The number of rotatable bonds is 3. The Hall–Kier alpha value is -4.25. The molecule has 0 saturated carbocycles. The van der Waals surface area contributed by atoms with E-state index in [1.165, 1.54) is 0 Å². The summed E-state index contributed by atoms with van der Waals surface area (Å²) in [6.07, 6.45) is 3.20. The van der Waals surface area contributed by atoms with E-state index < -0.39 is 0 Å². The van der Waals surface area contributed by atoms with Crippen LogP contribution < -0.4 is 5.69 Å². The number of fused-ring (bicyclic) bond motifs is 2. The third-order valence-electron chi connectivity index (χ3n) is 4.81. The van der Waals surface area contributed by atoms with Gasteiger partial charge in [-0.2, -0.15) is 10.2 Å². The van der Waals surface area contributed by atoms with Crippen molar-refractivity contribution in [1.29, 1.82) is 5.26 Å². The summed E-state index contributed by atoms with van der Waals surface area (Å²) >= 11 is 0. The lowest BCUT2D eigenvalue weighted by atomic mass is 10.1. The first-order valence-electron chi connectivity index (χ1n) is 10.0. The summed E-state index contributed by atoms with van der Waals surface area (Å²) in [6.45, 7) is 6.42. The van der Waals surface area contributed by atoms with Gasteiger partial charge in [0.05, 0.1) is 35.4 Å². The summed E-state index contributed by atoms with van der Waals surface area (Å²) < 4.78 is 3.30. The van der Waals surface area contributed by atoms with Crippen LogP contribution in [0.1, 0.15) is 30.5 Å². The van der Waals surface area contributed by atoms with Gasteiger partial charge in [0, 0.05) is 0 Å². The van der Waals surface area contributed by atoms with E-state index in [4.69, 9.17) is 0 Å². The van der Waals surface area contributed by atoms with Crippen molar-refractivity contribution < 1.29 is 0 Å². The van der Waals surface area contributed by atoms with Crippen LogP contribution in [0.2, 0.25) is 0 Å². The number of aromatic amines is 1. The fourth-order valence-electron chi connectivity index (χ4n) is 3.43. The van der Waals surface area contributed by atoms with Gasteiger partial charge in [0.1, 0.15) is 11.8 Å². The highest BCUT2D eigenvalue weighted by Crippen LogP contribution is 2.19. The molecule has 5 rings (SSSR count). The van der Waals surface area contributed by atoms with Crippen LogP contribution >= 0.6 is 0 Å². The highest BCUT2D eigenvalue weighted by molar-refractivity contribution is 5.79. The van der Waals surface area contributed by atoms with Gasteiger partial charge in [-0.05, 0) is 30.7 Å². The van der Waals surface area contributed by atoms with Crippen LogP contribution in [0, 0.1) is 18.3 Å². The summed E-state index contributed by atoms with van der Waals surface area (Å²) in [5, 5.41) is 9.18. The molecule has 0 aliphatic heterocycles. The van der Waals surface area contributed by atoms with Crippen molar-refractivity contribution in [2.75, 3.05) is 0 Å². The minimum Gasteiger partial charge on any atom is -0.303 e. The van der Waals surface area contributed by atoms with Gasteiger partial charge >= 0.3 is 5.69 Å². The number of imidazole rings is 2. The lowest BCUT2D eigenvalue weighted by Crippen LogP contribution is -2.18. The summed E-state index contributed by atoms with van der Waals surface area (Å²) in [4.78, 5) is 28.7. The van der Waals surface area contributed by atoms with Crippen molar-refractivity contribution in [2.24, 2.45) is 0 Å². The van der Waals surface area contributed by atoms with E-state index in [1.54, 1.807) is 39.9 Å². The Labute approximate surface area is 178 Å². The number of hydrogen-bond donors (Lipinski definition) is 1. The third kappa shape index (κ3) is 3.69. The van der Waals surface area contributed by atoms with Gasteiger partial charge in [-0.1, -0.05) is 43.7 Å². The summed E-state index contributed by atoms with van der Waals surface area (Å²) in [5.41, 5.74) is 4.97. The standard InChI is InChI=1S/C21H15N7O.C2H6/c1-13-3-2-4-15(7-13)11-27-19-17(25-21(27)29)10-23-20(26-19)28-12-24-16-6-5-14(9-22)8-18(16)28;1-2/h2-8,10,12H,11H2,1H3,(H,25,29);1-2H3. The van der Waals surface area contributed by atoms with Crippen LogP contribution in [0.15, 0.2) is 59.8 Å². The van der Waals surface area contributed by atoms with Crippen LogP contribution in [-0.4, -0.2) is 29.1 Å². The predicted molar refractivity (Wildman–Crippen MR) is 119 cm³/mol. The quantitative estimate of drug-likeness (QED) is 0.487. The summed E-state index contributed by atoms with van der Waals surface area (Å²) in [7, 11) is 0. The van der Waals surface area contributed by atoms with Crippen LogP contribution in [0.5, 0.6) is 0 Å². The zero-order valence-electron chi connectivity index (χ0n) is 17.5. The Morgan fingerprint density at radius 1 is 1.13 bits per heavy atom. The molecule has 1 N–H and O–H groups in total. The molecule has 0 amide bonds. The van der Waals surface area contributed by atoms with Gasteiger partial charge in [0.15, 0.2) is 5.65 Å². The van der Waals surface area contributed by atoms with Crippen LogP contribution in [0.4, 0.5) is 0 Å². The number of hydrogen-bond acceptors (Lipinski definition) is 5. The molecule has 8 nitrogen and oxygen atoms in total. The summed E-state index contributed by atoms with van der Waals surface area (Å²) in [5.74, 6) is 0.382. The molecule has 3 aromatic heterocycles. The Morgan fingerprint density at radius 3 is 2.74 bits per heavy atom. The minimum absolute atomic E-state index is 0.241. The molecule has 0 radical (unpaired) electrons. The van der Waals surface area contributed by atoms with E-state index in [1.807, 2.05) is 45.0 Å². The Balaban J connectivity index is 0.00000112. The zero-order chi connectivity index (χ0) is 22.0. The molecular weight excluding hydrogens is 390 g/mol. The van der Waals surface area contributed by atoms with Crippen molar-refractivity contribution in [3.05, 3.63) is 82.2 Å². The number of aromatic nitrogens is 6. The molecular formula is C23H21N7O. The van der Waals surface area contributed by atoms with Crippen molar-refractivity contribution in [1.82, 2.24) is 29.1 Å². The maximum absolute atomic E-state index is 12.5. The van der Waals surface area contributed by atoms with Gasteiger partial charge in [-0.25, -0.2) is 14.8 Å². The SMILES string of the molecule is CC.Cc1cccc(Cn2c(=O)[nH]c3cnc(-n4cnc5ccc(C#N)cc54)nc32)c1. The molecule has 0 atom stereocenters. The number of nitriles is 1. The number of benzene rings is 2. The predicted octanol–water partition coefficient (Wildman–Crippen LogP) is 3.71. The maximum Gasteiger partial charge on any atom is 0.328 e. The first-order valence-corrected chi connectivity index (χ1v) is 10.0. The molecule has 0 aliphatic carbocycles. The molecule has 0 fully saturated rings. The van der Waals surface area contributed by atoms with Crippen LogP contribution in [-0.2, 0) is 6.54 Å². The monoisotopic (exact) mass is 411 g/mol. The van der Waals surface area contributed by atoms with E-state index in [9.17, 15) is 10.1 Å². The van der Waals surface area contributed by atoms with Crippen molar-refractivity contribution in [2.45, 2.75) is 27.3 Å². The average molecular weight is 411 g/mol. The Morgan fingerprint density at radius 2 is 1.97 bits per heavy atom. The van der Waals surface area contributed by atoms with Crippen LogP contribution in [0.3, 0.4) is 0 Å². The van der Waals surface area contributed by atoms with Crippen molar-refractivity contribution in [3.63, 3.8) is 0 Å². The highest BCUT2D eigenvalue weighted by atomic mass is 16.1.